The quantitative estimate of drug-likeness (QED) is 0.314. The van der Waals surface area contributed by atoms with E-state index in [1.54, 1.807) is 0 Å². The van der Waals surface area contributed by atoms with Crippen LogP contribution in [0.4, 0.5) is 0 Å². The third-order valence-electron chi connectivity index (χ3n) is 0. The van der Waals surface area contributed by atoms with Crippen LogP contribution in [0.25, 0.3) is 0 Å². The summed E-state index contributed by atoms with van der Waals surface area (Å²) in [5.41, 5.74) is 0. The van der Waals surface area contributed by atoms with Crippen molar-refractivity contribution in [2.75, 3.05) is 0 Å². The Balaban J connectivity index is -0.000000000833. The van der Waals surface area contributed by atoms with Crippen molar-refractivity contribution in [3.05, 3.63) is 0 Å². The molecule has 0 rings (SSSR count). The van der Waals surface area contributed by atoms with Gasteiger partial charge in [0.2, 0.25) is 0 Å². The van der Waals surface area contributed by atoms with Crippen molar-refractivity contribution < 1.29 is 12.1 Å². The molecular formula is H5AlBeO2. The summed E-state index contributed by atoms with van der Waals surface area (Å²) in [5.74, 6) is 0. The molecule has 0 aliphatic heterocycles. The molecule has 0 aliphatic carbocycles. The summed E-state index contributed by atoms with van der Waals surface area (Å²) in [6.07, 6.45) is 0. The fourth-order valence-corrected chi connectivity index (χ4v) is 0. The number of hydrogen-bond donors (Lipinski definition) is 0. The summed E-state index contributed by atoms with van der Waals surface area (Å²) in [7, 11) is 0. The molecule has 0 saturated heterocycles. The van der Waals surface area contributed by atoms with E-state index >= 15 is 0 Å². The summed E-state index contributed by atoms with van der Waals surface area (Å²) in [6, 6.07) is 0. The van der Waals surface area contributed by atoms with Crippen molar-refractivity contribution in [3.8, 4) is 0 Å². The molecule has 0 fully saturated rings. The van der Waals surface area contributed by atoms with E-state index in [9.17, 15) is 0 Å². The first-order valence-electron chi connectivity index (χ1n) is 0.289. The van der Waals surface area contributed by atoms with Crippen LogP contribution in [-0.2, 0) is 3.80 Å². The summed E-state index contributed by atoms with van der Waals surface area (Å²) in [4.78, 5) is 0. The average molecular weight is 73.0 g/mol. The average Bonchev–Trinajstić information content (AvgIpc) is 1.00. The molecule has 4 heteroatoms. The molecule has 22 valence electrons. The summed E-state index contributed by atoms with van der Waals surface area (Å²) < 4.78 is 8.28. The Morgan fingerprint density at radius 2 is 1.50 bits per heavy atom. The molecule has 0 radical (unpaired) electrons. The van der Waals surface area contributed by atoms with Gasteiger partial charge >= 0.3 is 30.1 Å². The molecule has 0 saturated carbocycles. The first-order valence-corrected chi connectivity index (χ1v) is 0.866. The van der Waals surface area contributed by atoms with Gasteiger partial charge in [0.1, 0.15) is 0 Å². The van der Waals surface area contributed by atoms with Crippen LogP contribution in [0.2, 0.25) is 0 Å². The Morgan fingerprint density at radius 3 is 1.50 bits per heavy atom. The maximum absolute atomic E-state index is 8.28. The molecule has 0 aromatic heterocycles. The van der Waals surface area contributed by atoms with Gasteiger partial charge in [0, 0.05) is 0 Å². The molecular weight excluding hydrogens is 68.0 g/mol. The van der Waals surface area contributed by atoms with E-state index in [1.165, 1.54) is 0 Å². The fourth-order valence-electron chi connectivity index (χ4n) is 0. The SMILES string of the molecule is O.[Be+2].[H-].[H-].[O]=[AlH]. The third-order valence-corrected chi connectivity index (χ3v) is 0. The molecule has 0 bridgehead atoms. The Kier molecular flexibility index (Phi) is 617. The molecule has 0 aromatic carbocycles. The van der Waals surface area contributed by atoms with E-state index in [0.29, 0.717) is 16.2 Å². The van der Waals surface area contributed by atoms with Gasteiger partial charge in [-0.2, -0.15) is 0 Å². The minimum absolute atomic E-state index is 0. The van der Waals surface area contributed by atoms with Crippen molar-refractivity contribution in [2.24, 2.45) is 0 Å². The molecule has 0 atom stereocenters. The van der Waals surface area contributed by atoms with E-state index in [-0.39, 0.29) is 18.5 Å². The van der Waals surface area contributed by atoms with Crippen LogP contribution in [0.15, 0.2) is 0 Å². The second-order valence-corrected chi connectivity index (χ2v) is 0. The monoisotopic (exact) mass is 73.0 g/mol. The predicted molar refractivity (Wildman–Crippen MR) is 19.4 cm³/mol. The number of hydrogen-bond acceptors (Lipinski definition) is 1. The zero-order valence-corrected chi connectivity index (χ0v) is 3.74. The predicted octanol–water partition coefficient (Wildman–Crippen LogP) is -1.75. The van der Waals surface area contributed by atoms with Crippen LogP contribution in [0.1, 0.15) is 2.85 Å². The molecule has 0 heterocycles. The van der Waals surface area contributed by atoms with Crippen molar-refractivity contribution >= 4 is 26.3 Å². The molecule has 0 aromatic rings. The summed E-state index contributed by atoms with van der Waals surface area (Å²) in [6.45, 7) is 0. The Hall–Kier alpha value is 0.461. The summed E-state index contributed by atoms with van der Waals surface area (Å²) >= 11 is 0.611. The zero-order valence-electron chi connectivity index (χ0n) is 4.32. The standard InChI is InChI=1S/Al.Be.H2O.O.3H/h;;1H2;;;;/q;+2;;;;2*-1. The molecule has 2 nitrogen and oxygen atoms in total. The first kappa shape index (κ1) is 25.0. The second kappa shape index (κ2) is 98.5. The Morgan fingerprint density at radius 1 is 1.50 bits per heavy atom. The van der Waals surface area contributed by atoms with Crippen molar-refractivity contribution in [1.82, 2.24) is 0 Å². The molecule has 2 N–H and O–H groups in total. The van der Waals surface area contributed by atoms with Crippen molar-refractivity contribution in [2.45, 2.75) is 0 Å². The van der Waals surface area contributed by atoms with Gasteiger partial charge < -0.3 is 8.33 Å². The minimum atomic E-state index is 0. The van der Waals surface area contributed by atoms with Gasteiger partial charge in [-0.3, -0.25) is 0 Å². The van der Waals surface area contributed by atoms with Gasteiger partial charge in [0.05, 0.1) is 0 Å². The molecule has 0 unspecified atom stereocenters. The molecule has 0 amide bonds. The number of rotatable bonds is 0. The van der Waals surface area contributed by atoms with E-state index in [2.05, 4.69) is 0 Å². The van der Waals surface area contributed by atoms with E-state index in [1.807, 2.05) is 0 Å². The van der Waals surface area contributed by atoms with Gasteiger partial charge in [-0.1, -0.05) is 0 Å². The van der Waals surface area contributed by atoms with Gasteiger partial charge in [0.25, 0.3) is 0 Å². The van der Waals surface area contributed by atoms with Crippen LogP contribution < -0.4 is 0 Å². The van der Waals surface area contributed by atoms with Gasteiger partial charge in [-0.15, -0.1) is 0 Å². The topological polar surface area (TPSA) is 48.6 Å². The fraction of sp³-hybridized carbons (Fsp3) is 0. The first-order chi connectivity index (χ1) is 1.00. The van der Waals surface area contributed by atoms with Crippen molar-refractivity contribution in [1.29, 1.82) is 0 Å². The molecule has 0 spiro atoms. The normalized spacial score (nSPS) is 0.750. The summed E-state index contributed by atoms with van der Waals surface area (Å²) in [5, 5.41) is 0. The van der Waals surface area contributed by atoms with Crippen LogP contribution >= 0.6 is 0 Å². The van der Waals surface area contributed by atoms with E-state index < -0.39 is 0 Å². The zero-order chi connectivity index (χ0) is 2.00. The van der Waals surface area contributed by atoms with E-state index in [4.69, 9.17) is 3.80 Å². The molecule has 0 aliphatic rings. The van der Waals surface area contributed by atoms with Crippen LogP contribution in [0.5, 0.6) is 0 Å². The maximum atomic E-state index is 8.28. The Bertz CT molecular complexity index is 11.5. The van der Waals surface area contributed by atoms with Crippen LogP contribution in [0, 0.1) is 0 Å². The van der Waals surface area contributed by atoms with Gasteiger partial charge in [-0.25, -0.2) is 0 Å². The second-order valence-electron chi connectivity index (χ2n) is 0. The van der Waals surface area contributed by atoms with Gasteiger partial charge in [-0.05, 0) is 0 Å². The van der Waals surface area contributed by atoms with Crippen LogP contribution in [-0.4, -0.2) is 31.8 Å². The molecule has 4 heavy (non-hydrogen) atoms. The van der Waals surface area contributed by atoms with Crippen molar-refractivity contribution in [3.63, 3.8) is 0 Å². The van der Waals surface area contributed by atoms with Crippen LogP contribution in [0.3, 0.4) is 0 Å². The Labute approximate surface area is 39.3 Å². The van der Waals surface area contributed by atoms with Gasteiger partial charge in [0.15, 0.2) is 0 Å². The van der Waals surface area contributed by atoms with E-state index in [0.717, 1.165) is 0 Å². The third kappa shape index (κ3) is 24.7.